The molecule has 2 atom stereocenters. The van der Waals surface area contributed by atoms with Crippen LogP contribution in [-0.4, -0.2) is 27.4 Å². The Bertz CT molecular complexity index is 310. The molecule has 1 N–H and O–H groups in total. The van der Waals surface area contributed by atoms with E-state index < -0.39 is 5.60 Å². The zero-order chi connectivity index (χ0) is 9.47. The fraction of sp³-hybridized carbons (Fsp3) is 0.667. The van der Waals surface area contributed by atoms with Gasteiger partial charge in [-0.3, -0.25) is 0 Å². The average molecular weight is 182 g/mol. The summed E-state index contributed by atoms with van der Waals surface area (Å²) in [5, 5.41) is 10.3. The van der Waals surface area contributed by atoms with Crippen LogP contribution in [-0.2, 0) is 17.4 Å². The van der Waals surface area contributed by atoms with Crippen molar-refractivity contribution in [2.24, 2.45) is 7.05 Å². The van der Waals surface area contributed by atoms with E-state index in [1.807, 2.05) is 18.5 Å². The van der Waals surface area contributed by atoms with E-state index in [9.17, 15) is 5.11 Å². The van der Waals surface area contributed by atoms with Crippen molar-refractivity contribution in [3.05, 3.63) is 18.2 Å². The van der Waals surface area contributed by atoms with Gasteiger partial charge in [0.25, 0.3) is 0 Å². The van der Waals surface area contributed by atoms with Crippen LogP contribution < -0.4 is 0 Å². The summed E-state index contributed by atoms with van der Waals surface area (Å²) in [6, 6.07) is 0. The fourth-order valence-electron chi connectivity index (χ4n) is 1.84. The predicted molar refractivity (Wildman–Crippen MR) is 47.1 cm³/mol. The molecule has 72 valence electrons. The van der Waals surface area contributed by atoms with Gasteiger partial charge >= 0.3 is 0 Å². The summed E-state index contributed by atoms with van der Waals surface area (Å²) in [4.78, 5) is 3.99. The molecule has 1 aromatic rings. The third-order valence-electron chi connectivity index (χ3n) is 2.78. The number of hydrogen-bond donors (Lipinski definition) is 1. The summed E-state index contributed by atoms with van der Waals surface area (Å²) in [7, 11) is 1.88. The quantitative estimate of drug-likeness (QED) is 0.684. The van der Waals surface area contributed by atoms with Gasteiger partial charge in [0.2, 0.25) is 0 Å². The van der Waals surface area contributed by atoms with Crippen LogP contribution in [0.2, 0.25) is 0 Å². The second-order valence-corrected chi connectivity index (χ2v) is 3.58. The number of ether oxygens (including phenoxy) is 1. The number of hydrogen-bond acceptors (Lipinski definition) is 3. The molecule has 1 aliphatic heterocycles. The van der Waals surface area contributed by atoms with E-state index in [0.717, 1.165) is 5.69 Å². The molecule has 1 aromatic heterocycles. The zero-order valence-electron chi connectivity index (χ0n) is 7.90. The molecule has 2 unspecified atom stereocenters. The first-order valence-corrected chi connectivity index (χ1v) is 4.45. The van der Waals surface area contributed by atoms with Crippen LogP contribution in [0.25, 0.3) is 0 Å². The average Bonchev–Trinajstić information content (AvgIpc) is 2.62. The Kier molecular flexibility index (Phi) is 1.89. The lowest BCUT2D eigenvalue weighted by Gasteiger charge is -2.25. The Balaban J connectivity index is 2.39. The monoisotopic (exact) mass is 182 g/mol. The molecule has 2 heterocycles. The lowest BCUT2D eigenvalue weighted by molar-refractivity contribution is -0.0365. The minimum absolute atomic E-state index is 0.150. The van der Waals surface area contributed by atoms with Crippen LogP contribution in [0, 0.1) is 0 Å². The molecule has 13 heavy (non-hydrogen) atoms. The van der Waals surface area contributed by atoms with Gasteiger partial charge < -0.3 is 14.4 Å². The van der Waals surface area contributed by atoms with Crippen molar-refractivity contribution in [1.29, 1.82) is 0 Å². The molecule has 4 nitrogen and oxygen atoms in total. The molecular formula is C9H14N2O2. The van der Waals surface area contributed by atoms with E-state index in [2.05, 4.69) is 4.98 Å². The van der Waals surface area contributed by atoms with Crippen molar-refractivity contribution >= 4 is 0 Å². The molecule has 2 rings (SSSR count). The molecule has 4 heteroatoms. The van der Waals surface area contributed by atoms with Gasteiger partial charge in [0, 0.05) is 13.5 Å². The third-order valence-corrected chi connectivity index (χ3v) is 2.78. The summed E-state index contributed by atoms with van der Waals surface area (Å²) in [6.45, 7) is 2.50. The third kappa shape index (κ3) is 1.17. The van der Waals surface area contributed by atoms with Gasteiger partial charge in [-0.25, -0.2) is 4.98 Å². The maximum Gasteiger partial charge on any atom is 0.134 e. The van der Waals surface area contributed by atoms with Crippen LogP contribution in [0.5, 0.6) is 0 Å². The summed E-state index contributed by atoms with van der Waals surface area (Å²) in [5.41, 5.74) is -0.0249. The van der Waals surface area contributed by atoms with Gasteiger partial charge in [-0.05, 0) is 6.92 Å². The van der Waals surface area contributed by atoms with E-state index in [1.165, 1.54) is 0 Å². The Morgan fingerprint density at radius 1 is 1.77 bits per heavy atom. The number of rotatable bonds is 1. The van der Waals surface area contributed by atoms with Crippen molar-refractivity contribution in [3.8, 4) is 0 Å². The number of aromatic nitrogens is 2. The second kappa shape index (κ2) is 2.82. The molecule has 0 radical (unpaired) electrons. The van der Waals surface area contributed by atoms with E-state index in [0.29, 0.717) is 13.0 Å². The molecule has 1 fully saturated rings. The maximum atomic E-state index is 10.3. The van der Waals surface area contributed by atoms with Crippen molar-refractivity contribution in [1.82, 2.24) is 9.55 Å². The first-order valence-electron chi connectivity index (χ1n) is 4.45. The van der Waals surface area contributed by atoms with Crippen molar-refractivity contribution in [2.45, 2.75) is 25.0 Å². The summed E-state index contributed by atoms with van der Waals surface area (Å²) >= 11 is 0. The van der Waals surface area contributed by atoms with Crippen LogP contribution in [0.1, 0.15) is 19.0 Å². The molecule has 0 amide bonds. The Labute approximate surface area is 77.2 Å². The van der Waals surface area contributed by atoms with Gasteiger partial charge in [0.1, 0.15) is 5.60 Å². The topological polar surface area (TPSA) is 47.3 Å². The molecule has 0 aliphatic carbocycles. The highest BCUT2D eigenvalue weighted by molar-refractivity contribution is 5.14. The number of aliphatic hydroxyl groups is 1. The molecule has 1 saturated heterocycles. The number of nitrogens with zero attached hydrogens (tertiary/aromatic N) is 2. The summed E-state index contributed by atoms with van der Waals surface area (Å²) < 4.78 is 7.19. The zero-order valence-corrected chi connectivity index (χ0v) is 7.90. The standard InChI is InChI=1S/C9H14N2O2/c1-7-9(12,3-4-13-7)8-5-10-6-11(8)2/h5-7,12H,3-4H2,1-2H3. The normalized spacial score (nSPS) is 33.9. The number of aryl methyl sites for hydroxylation is 1. The summed E-state index contributed by atoms with van der Waals surface area (Å²) in [5.74, 6) is 0. The maximum absolute atomic E-state index is 10.3. The SMILES string of the molecule is CC1OCCC1(O)c1cncn1C. The van der Waals surface area contributed by atoms with Crippen molar-refractivity contribution in [2.75, 3.05) is 6.61 Å². The van der Waals surface area contributed by atoms with Crippen LogP contribution in [0.3, 0.4) is 0 Å². The Hall–Kier alpha value is -0.870. The van der Waals surface area contributed by atoms with E-state index >= 15 is 0 Å². The van der Waals surface area contributed by atoms with Crippen molar-refractivity contribution in [3.63, 3.8) is 0 Å². The molecular weight excluding hydrogens is 168 g/mol. The lowest BCUT2D eigenvalue weighted by atomic mass is 9.93. The Morgan fingerprint density at radius 2 is 2.54 bits per heavy atom. The van der Waals surface area contributed by atoms with Gasteiger partial charge in [0.05, 0.1) is 30.9 Å². The smallest absolute Gasteiger partial charge is 0.134 e. The van der Waals surface area contributed by atoms with Gasteiger partial charge in [-0.15, -0.1) is 0 Å². The highest BCUT2D eigenvalue weighted by Gasteiger charge is 2.42. The van der Waals surface area contributed by atoms with E-state index in [-0.39, 0.29) is 6.10 Å². The largest absolute Gasteiger partial charge is 0.381 e. The predicted octanol–water partition coefficient (Wildman–Crippen LogP) is 0.417. The minimum Gasteiger partial charge on any atom is -0.381 e. The van der Waals surface area contributed by atoms with E-state index in [4.69, 9.17) is 4.74 Å². The first-order chi connectivity index (χ1) is 6.14. The molecule has 0 aromatic carbocycles. The van der Waals surface area contributed by atoms with E-state index in [1.54, 1.807) is 12.5 Å². The van der Waals surface area contributed by atoms with Crippen molar-refractivity contribution < 1.29 is 9.84 Å². The lowest BCUT2D eigenvalue weighted by Crippen LogP contribution is -2.34. The second-order valence-electron chi connectivity index (χ2n) is 3.58. The molecule has 1 aliphatic rings. The first kappa shape index (κ1) is 8.72. The highest BCUT2D eigenvalue weighted by Crippen LogP contribution is 2.34. The minimum atomic E-state index is -0.856. The van der Waals surface area contributed by atoms with Crippen LogP contribution in [0.4, 0.5) is 0 Å². The summed E-state index contributed by atoms with van der Waals surface area (Å²) in [6.07, 6.45) is 3.89. The van der Waals surface area contributed by atoms with Gasteiger partial charge in [-0.1, -0.05) is 0 Å². The van der Waals surface area contributed by atoms with Crippen LogP contribution in [0.15, 0.2) is 12.5 Å². The van der Waals surface area contributed by atoms with Crippen LogP contribution >= 0.6 is 0 Å². The fourth-order valence-corrected chi connectivity index (χ4v) is 1.84. The molecule has 0 bridgehead atoms. The number of imidazole rings is 1. The highest BCUT2D eigenvalue weighted by atomic mass is 16.5. The van der Waals surface area contributed by atoms with Gasteiger partial charge in [-0.2, -0.15) is 0 Å². The van der Waals surface area contributed by atoms with Gasteiger partial charge in [0.15, 0.2) is 0 Å². The molecule has 0 saturated carbocycles. The Morgan fingerprint density at radius 3 is 3.00 bits per heavy atom. The molecule has 0 spiro atoms.